The predicted molar refractivity (Wildman–Crippen MR) is 169 cm³/mol. The normalized spacial score (nSPS) is 14.9. The largest absolute Gasteiger partial charge is 0.448 e. The van der Waals surface area contributed by atoms with E-state index >= 15 is 0 Å². The SMILES string of the molecule is Cc1ccccc1N1CCN(c2ccc(C(=O)NCCc3ccc(CN)cc3)cc2NC(=O)c2coc(C3CC3)n2)CC1. The summed E-state index contributed by atoms with van der Waals surface area (Å²) in [6.07, 6.45) is 4.20. The standard InChI is InChI=1S/C34H38N6O3/c1-23-4-2-3-5-30(23)39-16-18-40(19-17-39)31-13-12-27(32(41)36-15-14-24-6-8-25(21-35)9-7-24)20-28(31)37-33(42)29-22-43-34(38-29)26-10-11-26/h2-9,12-13,20,22,26H,10-11,14-19,21,35H2,1H3,(H,36,41)(H,37,42). The topological polar surface area (TPSA) is 117 Å². The average molecular weight is 579 g/mol. The number of aryl methyl sites for hydroxylation is 1. The van der Waals surface area contributed by atoms with Crippen LogP contribution >= 0.6 is 0 Å². The van der Waals surface area contributed by atoms with Gasteiger partial charge in [0.1, 0.15) is 6.26 Å². The van der Waals surface area contributed by atoms with E-state index in [1.807, 2.05) is 36.4 Å². The van der Waals surface area contributed by atoms with Crippen LogP contribution < -0.4 is 26.2 Å². The highest BCUT2D eigenvalue weighted by atomic mass is 16.3. The number of benzene rings is 3. The number of hydrogen-bond acceptors (Lipinski definition) is 7. The first-order valence-electron chi connectivity index (χ1n) is 15.0. The molecule has 43 heavy (non-hydrogen) atoms. The highest BCUT2D eigenvalue weighted by Gasteiger charge is 2.30. The molecule has 4 N–H and O–H groups in total. The molecule has 2 amide bonds. The highest BCUT2D eigenvalue weighted by Crippen LogP contribution is 2.39. The minimum Gasteiger partial charge on any atom is -0.448 e. The minimum absolute atomic E-state index is 0.192. The second-order valence-corrected chi connectivity index (χ2v) is 11.3. The number of para-hydroxylation sites is 1. The van der Waals surface area contributed by atoms with Gasteiger partial charge in [-0.3, -0.25) is 9.59 Å². The van der Waals surface area contributed by atoms with Crippen LogP contribution in [-0.4, -0.2) is 49.5 Å². The van der Waals surface area contributed by atoms with Crippen molar-refractivity contribution in [3.05, 3.63) is 107 Å². The van der Waals surface area contributed by atoms with Crippen molar-refractivity contribution in [2.75, 3.05) is 47.8 Å². The number of anilines is 3. The lowest BCUT2D eigenvalue weighted by atomic mass is 10.1. The quantitative estimate of drug-likeness (QED) is 0.246. The molecule has 1 aliphatic carbocycles. The molecule has 1 aliphatic heterocycles. The summed E-state index contributed by atoms with van der Waals surface area (Å²) in [6, 6.07) is 22.0. The fourth-order valence-corrected chi connectivity index (χ4v) is 5.52. The number of carbonyl (C=O) groups is 2. The van der Waals surface area contributed by atoms with Gasteiger partial charge in [0.05, 0.1) is 11.4 Å². The fourth-order valence-electron chi connectivity index (χ4n) is 5.52. The molecule has 2 heterocycles. The number of nitrogens with two attached hydrogens (primary N) is 1. The minimum atomic E-state index is -0.353. The summed E-state index contributed by atoms with van der Waals surface area (Å²) in [6.45, 7) is 6.39. The van der Waals surface area contributed by atoms with Crippen LogP contribution in [0.5, 0.6) is 0 Å². The van der Waals surface area contributed by atoms with Gasteiger partial charge in [0.2, 0.25) is 0 Å². The van der Waals surface area contributed by atoms with Crippen LogP contribution in [0.3, 0.4) is 0 Å². The smallest absolute Gasteiger partial charge is 0.277 e. The zero-order valence-corrected chi connectivity index (χ0v) is 24.5. The van der Waals surface area contributed by atoms with Gasteiger partial charge in [-0.05, 0) is 67.1 Å². The van der Waals surface area contributed by atoms with Gasteiger partial charge in [0, 0.05) is 56.4 Å². The number of hydrogen-bond donors (Lipinski definition) is 3. The number of nitrogens with one attached hydrogen (secondary N) is 2. The van der Waals surface area contributed by atoms with E-state index in [0.717, 1.165) is 55.8 Å². The van der Waals surface area contributed by atoms with Crippen molar-refractivity contribution in [3.63, 3.8) is 0 Å². The Morgan fingerprint density at radius 1 is 0.907 bits per heavy atom. The molecule has 9 heteroatoms. The molecule has 6 rings (SSSR count). The first-order chi connectivity index (χ1) is 21.0. The Balaban J connectivity index is 1.17. The lowest BCUT2D eigenvalue weighted by Gasteiger charge is -2.38. The van der Waals surface area contributed by atoms with Gasteiger partial charge in [-0.2, -0.15) is 0 Å². The maximum Gasteiger partial charge on any atom is 0.277 e. The number of oxazole rings is 1. The van der Waals surface area contributed by atoms with Crippen LogP contribution in [0.1, 0.15) is 62.2 Å². The Kier molecular flexibility index (Phi) is 8.42. The number of rotatable bonds is 10. The number of carbonyl (C=O) groups excluding carboxylic acids is 2. The molecular weight excluding hydrogens is 540 g/mol. The second kappa shape index (κ2) is 12.7. The van der Waals surface area contributed by atoms with Gasteiger partial charge in [0.25, 0.3) is 11.8 Å². The van der Waals surface area contributed by atoms with Crippen molar-refractivity contribution < 1.29 is 14.0 Å². The van der Waals surface area contributed by atoms with Crippen molar-refractivity contribution in [2.45, 2.75) is 38.6 Å². The summed E-state index contributed by atoms with van der Waals surface area (Å²) < 4.78 is 5.55. The number of piperazine rings is 1. The molecule has 0 atom stereocenters. The van der Waals surface area contributed by atoms with Crippen molar-refractivity contribution in [1.82, 2.24) is 10.3 Å². The average Bonchev–Trinajstić information content (AvgIpc) is 3.77. The summed E-state index contributed by atoms with van der Waals surface area (Å²) in [5.41, 5.74) is 12.6. The van der Waals surface area contributed by atoms with Gasteiger partial charge >= 0.3 is 0 Å². The number of nitrogens with zero attached hydrogens (tertiary/aromatic N) is 3. The molecule has 0 bridgehead atoms. The lowest BCUT2D eigenvalue weighted by Crippen LogP contribution is -2.47. The van der Waals surface area contributed by atoms with E-state index in [-0.39, 0.29) is 17.5 Å². The molecule has 222 valence electrons. The Morgan fingerprint density at radius 3 is 2.30 bits per heavy atom. The monoisotopic (exact) mass is 578 g/mol. The van der Waals surface area contributed by atoms with Crippen molar-refractivity contribution >= 4 is 28.9 Å². The molecule has 1 aromatic heterocycles. The summed E-state index contributed by atoms with van der Waals surface area (Å²) in [5.74, 6) is 0.382. The van der Waals surface area contributed by atoms with Crippen LogP contribution in [0.2, 0.25) is 0 Å². The Labute approximate surface area is 252 Å². The molecular formula is C34H38N6O3. The van der Waals surface area contributed by atoms with E-state index in [1.165, 1.54) is 17.5 Å². The summed E-state index contributed by atoms with van der Waals surface area (Å²) in [4.78, 5) is 35.5. The van der Waals surface area contributed by atoms with Gasteiger partial charge in [0.15, 0.2) is 11.6 Å². The van der Waals surface area contributed by atoms with E-state index in [2.05, 4.69) is 56.6 Å². The molecule has 4 aromatic rings. The molecule has 3 aromatic carbocycles. The maximum atomic E-state index is 13.3. The lowest BCUT2D eigenvalue weighted by molar-refractivity contribution is 0.0952. The second-order valence-electron chi connectivity index (χ2n) is 11.3. The van der Waals surface area contributed by atoms with Gasteiger partial charge in [-0.15, -0.1) is 0 Å². The Morgan fingerprint density at radius 2 is 1.60 bits per heavy atom. The molecule has 2 fully saturated rings. The zero-order chi connectivity index (χ0) is 29.8. The third-order valence-electron chi connectivity index (χ3n) is 8.22. The first-order valence-corrected chi connectivity index (χ1v) is 15.0. The van der Waals surface area contributed by atoms with Crippen molar-refractivity contribution in [3.8, 4) is 0 Å². The maximum absolute atomic E-state index is 13.3. The van der Waals surface area contributed by atoms with Crippen LogP contribution in [-0.2, 0) is 13.0 Å². The van der Waals surface area contributed by atoms with Crippen molar-refractivity contribution in [2.24, 2.45) is 5.73 Å². The Hall–Kier alpha value is -4.63. The molecule has 2 aliphatic rings. The van der Waals surface area contributed by atoms with Crippen LogP contribution in [0, 0.1) is 6.92 Å². The van der Waals surface area contributed by atoms with E-state index < -0.39 is 0 Å². The van der Waals surface area contributed by atoms with Crippen LogP contribution in [0.4, 0.5) is 17.1 Å². The van der Waals surface area contributed by atoms with Crippen molar-refractivity contribution in [1.29, 1.82) is 0 Å². The van der Waals surface area contributed by atoms with E-state index in [0.29, 0.717) is 42.6 Å². The van der Waals surface area contributed by atoms with E-state index in [9.17, 15) is 9.59 Å². The molecule has 1 saturated carbocycles. The molecule has 0 radical (unpaired) electrons. The Bertz CT molecular complexity index is 1590. The molecule has 9 nitrogen and oxygen atoms in total. The number of amides is 2. The van der Waals surface area contributed by atoms with Gasteiger partial charge < -0.3 is 30.6 Å². The van der Waals surface area contributed by atoms with E-state index in [1.54, 1.807) is 6.07 Å². The summed E-state index contributed by atoms with van der Waals surface area (Å²) in [5, 5.41) is 6.05. The molecule has 1 saturated heterocycles. The first kappa shape index (κ1) is 28.5. The third kappa shape index (κ3) is 6.73. The predicted octanol–water partition coefficient (Wildman–Crippen LogP) is 4.87. The number of aromatic nitrogens is 1. The third-order valence-corrected chi connectivity index (χ3v) is 8.22. The zero-order valence-electron chi connectivity index (χ0n) is 24.5. The fraction of sp³-hybridized carbons (Fsp3) is 0.324. The van der Waals surface area contributed by atoms with Crippen LogP contribution in [0.15, 0.2) is 77.4 Å². The molecule has 0 unspecified atom stereocenters. The van der Waals surface area contributed by atoms with Gasteiger partial charge in [-0.25, -0.2) is 4.98 Å². The summed E-state index contributed by atoms with van der Waals surface area (Å²) in [7, 11) is 0. The highest BCUT2D eigenvalue weighted by molar-refractivity contribution is 6.06. The van der Waals surface area contributed by atoms with E-state index in [4.69, 9.17) is 10.2 Å². The summed E-state index contributed by atoms with van der Waals surface area (Å²) >= 11 is 0. The van der Waals surface area contributed by atoms with Crippen LogP contribution in [0.25, 0.3) is 0 Å². The molecule has 0 spiro atoms. The van der Waals surface area contributed by atoms with Gasteiger partial charge in [-0.1, -0.05) is 42.5 Å².